The van der Waals surface area contributed by atoms with Crippen LogP contribution in [0.3, 0.4) is 0 Å². The predicted octanol–water partition coefficient (Wildman–Crippen LogP) is 0.935. The molecule has 0 aliphatic heterocycles. The molecule has 1 rings (SSSR count). The molecular weight excluding hydrogens is 114 g/mol. The van der Waals surface area contributed by atoms with E-state index in [-0.39, 0.29) is 0 Å². The third-order valence-electron chi connectivity index (χ3n) is 1.12. The number of aliphatic hydroxyl groups excluding tert-OH is 1. The highest BCUT2D eigenvalue weighted by Gasteiger charge is 1.96. The monoisotopic (exact) mass is 122 g/mol. The summed E-state index contributed by atoms with van der Waals surface area (Å²) < 4.78 is 0. The summed E-state index contributed by atoms with van der Waals surface area (Å²) in [4.78, 5) is 3.72. The summed E-state index contributed by atoms with van der Waals surface area (Å²) in [7, 11) is 0. The summed E-state index contributed by atoms with van der Waals surface area (Å²) >= 11 is 0. The predicted molar refractivity (Wildman–Crippen MR) is 33.7 cm³/mol. The molecule has 0 bridgehead atoms. The third kappa shape index (κ3) is 1.50. The van der Waals surface area contributed by atoms with Crippen molar-refractivity contribution in [1.82, 2.24) is 4.98 Å². The van der Waals surface area contributed by atoms with E-state index in [1.807, 2.05) is 0 Å². The fraction of sp³-hybridized carbons (Fsp3) is 0.286. The molecule has 0 aromatic carbocycles. The Morgan fingerprint density at radius 1 is 1.78 bits per heavy atom. The van der Waals surface area contributed by atoms with Crippen molar-refractivity contribution in [3.63, 3.8) is 0 Å². The molecule has 0 saturated carbocycles. The summed E-state index contributed by atoms with van der Waals surface area (Å²) in [5.74, 6) is 0. The molecule has 0 spiro atoms. The first-order valence-electron chi connectivity index (χ1n) is 2.81. The van der Waals surface area contributed by atoms with E-state index in [0.717, 1.165) is 5.56 Å². The molecule has 1 atom stereocenters. The smallest absolute Gasteiger partial charge is 0.0886 e. The van der Waals surface area contributed by atoms with Crippen molar-refractivity contribution in [3.8, 4) is 0 Å². The van der Waals surface area contributed by atoms with E-state index in [1.165, 1.54) is 0 Å². The molecule has 0 amide bonds. The highest BCUT2D eigenvalue weighted by Crippen LogP contribution is 2.07. The molecule has 0 aliphatic rings. The lowest BCUT2D eigenvalue weighted by Crippen LogP contribution is -1.89. The molecule has 1 unspecified atom stereocenters. The zero-order valence-corrected chi connectivity index (χ0v) is 5.20. The van der Waals surface area contributed by atoms with Crippen molar-refractivity contribution >= 4 is 0 Å². The average Bonchev–Trinajstić information content (AvgIpc) is 1.90. The lowest BCUT2D eigenvalue weighted by molar-refractivity contribution is 0.199. The van der Waals surface area contributed by atoms with Gasteiger partial charge in [-0.25, -0.2) is 0 Å². The molecule has 1 aromatic rings. The first kappa shape index (κ1) is 6.23. The second-order valence-corrected chi connectivity index (χ2v) is 1.90. The number of hydrogen-bond acceptors (Lipinski definition) is 2. The minimum absolute atomic E-state index is 0.424. The van der Waals surface area contributed by atoms with Crippen molar-refractivity contribution < 1.29 is 5.11 Å². The number of hydrogen-bond donors (Lipinski definition) is 1. The Bertz CT molecular complexity index is 172. The maximum absolute atomic E-state index is 8.97. The summed E-state index contributed by atoms with van der Waals surface area (Å²) in [6, 6.07) is 3.47. The molecule has 1 N–H and O–H groups in total. The largest absolute Gasteiger partial charge is 0.389 e. The second-order valence-electron chi connectivity index (χ2n) is 1.90. The van der Waals surface area contributed by atoms with Crippen molar-refractivity contribution in [1.29, 1.82) is 0 Å². The molecule has 2 heteroatoms. The van der Waals surface area contributed by atoms with Crippen LogP contribution in [0.4, 0.5) is 0 Å². The number of pyridine rings is 1. The summed E-state index contributed by atoms with van der Waals surface area (Å²) in [6.45, 7) is 1.71. The number of rotatable bonds is 1. The lowest BCUT2D eigenvalue weighted by atomic mass is 10.2. The van der Waals surface area contributed by atoms with Crippen molar-refractivity contribution in [3.05, 3.63) is 30.1 Å². The molecule has 0 saturated heterocycles. The van der Waals surface area contributed by atoms with Gasteiger partial charge in [-0.15, -0.1) is 0 Å². The minimum Gasteiger partial charge on any atom is -0.389 e. The van der Waals surface area contributed by atoms with Gasteiger partial charge in [0.05, 0.1) is 12.3 Å². The number of nitrogens with zero attached hydrogens (tertiary/aromatic N) is 1. The highest BCUT2D eigenvalue weighted by atomic mass is 16.3. The molecule has 47 valence electrons. The Labute approximate surface area is 54.2 Å². The Morgan fingerprint density at radius 3 is 2.89 bits per heavy atom. The van der Waals surface area contributed by atoms with E-state index in [0.29, 0.717) is 0 Å². The van der Waals surface area contributed by atoms with Gasteiger partial charge < -0.3 is 5.11 Å². The van der Waals surface area contributed by atoms with E-state index in [9.17, 15) is 0 Å². The maximum Gasteiger partial charge on any atom is 0.0886 e. The van der Waals surface area contributed by atoms with Gasteiger partial charge in [0.25, 0.3) is 0 Å². The first-order chi connectivity index (χ1) is 4.30. The molecule has 2 nitrogen and oxygen atoms in total. The van der Waals surface area contributed by atoms with Crippen LogP contribution in [-0.4, -0.2) is 10.1 Å². The fourth-order valence-corrected chi connectivity index (χ4v) is 0.578. The third-order valence-corrected chi connectivity index (χ3v) is 1.12. The van der Waals surface area contributed by atoms with Crippen LogP contribution in [0.15, 0.2) is 18.3 Å². The van der Waals surface area contributed by atoms with Crippen LogP contribution in [0.1, 0.15) is 18.6 Å². The second kappa shape index (κ2) is 2.60. The van der Waals surface area contributed by atoms with Gasteiger partial charge in [0.1, 0.15) is 0 Å². The highest BCUT2D eigenvalue weighted by molar-refractivity contribution is 5.09. The Balaban J connectivity index is 2.85. The molecule has 1 radical (unpaired) electrons. The van der Waals surface area contributed by atoms with Gasteiger partial charge in [-0.1, -0.05) is 6.07 Å². The van der Waals surface area contributed by atoms with E-state index >= 15 is 0 Å². The maximum atomic E-state index is 8.97. The standard InChI is InChI=1S/C7H8NO/c1-6(9)7-3-2-4-8-5-7/h2-3,5-6,9H,1H3. The normalized spacial score (nSPS) is 13.1. The minimum atomic E-state index is -0.424. The fourth-order valence-electron chi connectivity index (χ4n) is 0.578. The van der Waals surface area contributed by atoms with Crippen LogP contribution < -0.4 is 0 Å². The van der Waals surface area contributed by atoms with Crippen molar-refractivity contribution in [2.24, 2.45) is 0 Å². The van der Waals surface area contributed by atoms with E-state index < -0.39 is 6.10 Å². The quantitative estimate of drug-likeness (QED) is 0.601. The van der Waals surface area contributed by atoms with Crippen LogP contribution >= 0.6 is 0 Å². The molecular formula is C7H8NO. The van der Waals surface area contributed by atoms with Gasteiger partial charge >= 0.3 is 0 Å². The van der Waals surface area contributed by atoms with Gasteiger partial charge in [-0.2, -0.15) is 0 Å². The number of aliphatic hydroxyl groups is 1. The van der Waals surface area contributed by atoms with Gasteiger partial charge in [-0.05, 0) is 18.6 Å². The molecule has 0 aliphatic carbocycles. The van der Waals surface area contributed by atoms with Gasteiger partial charge in [0, 0.05) is 6.20 Å². The number of aromatic nitrogens is 1. The van der Waals surface area contributed by atoms with E-state index in [4.69, 9.17) is 5.11 Å². The van der Waals surface area contributed by atoms with E-state index in [2.05, 4.69) is 11.2 Å². The summed E-state index contributed by atoms with van der Waals surface area (Å²) in [5, 5.41) is 8.97. The van der Waals surface area contributed by atoms with E-state index in [1.54, 1.807) is 25.3 Å². The Morgan fingerprint density at radius 2 is 2.56 bits per heavy atom. The van der Waals surface area contributed by atoms with Gasteiger partial charge in [0.15, 0.2) is 0 Å². The topological polar surface area (TPSA) is 33.1 Å². The Hall–Kier alpha value is -0.890. The van der Waals surface area contributed by atoms with Gasteiger partial charge in [0.2, 0.25) is 0 Å². The summed E-state index contributed by atoms with van der Waals surface area (Å²) in [6.07, 6.45) is 3.80. The zero-order valence-electron chi connectivity index (χ0n) is 5.20. The molecule has 1 heterocycles. The molecule has 0 fully saturated rings. The van der Waals surface area contributed by atoms with Crippen molar-refractivity contribution in [2.75, 3.05) is 0 Å². The summed E-state index contributed by atoms with van der Waals surface area (Å²) in [5.41, 5.74) is 0.828. The Kier molecular flexibility index (Phi) is 1.80. The van der Waals surface area contributed by atoms with Crippen molar-refractivity contribution in [2.45, 2.75) is 13.0 Å². The molecule has 1 aromatic heterocycles. The van der Waals surface area contributed by atoms with Crippen LogP contribution in [-0.2, 0) is 0 Å². The van der Waals surface area contributed by atoms with Gasteiger partial charge in [-0.3, -0.25) is 4.98 Å². The lowest BCUT2D eigenvalue weighted by Gasteiger charge is -1.99. The van der Waals surface area contributed by atoms with Crippen LogP contribution in [0, 0.1) is 6.20 Å². The average molecular weight is 122 g/mol. The molecule has 9 heavy (non-hydrogen) atoms. The first-order valence-corrected chi connectivity index (χ1v) is 2.81. The van der Waals surface area contributed by atoms with Crippen LogP contribution in [0.25, 0.3) is 0 Å². The van der Waals surface area contributed by atoms with Crippen LogP contribution in [0.2, 0.25) is 0 Å². The van der Waals surface area contributed by atoms with Crippen LogP contribution in [0.5, 0.6) is 0 Å². The zero-order chi connectivity index (χ0) is 6.69. The SMILES string of the molecule is CC(O)c1cc[c]nc1.